The number of hydrogen-bond acceptors (Lipinski definition) is 13. The molecule has 0 amide bonds. The lowest BCUT2D eigenvalue weighted by Gasteiger charge is -2.32. The highest BCUT2D eigenvalue weighted by molar-refractivity contribution is 7.22. The average molecular weight is 896 g/mol. The van der Waals surface area contributed by atoms with E-state index < -0.39 is 24.8 Å². The Hall–Kier alpha value is -5.53. The molecule has 0 aliphatic carbocycles. The zero-order valence-electron chi connectivity index (χ0n) is 34.2. The quantitative estimate of drug-likeness (QED) is 0.0805. The molecular formula is C43H45ClF3N7O7S. The summed E-state index contributed by atoms with van der Waals surface area (Å²) in [6, 6.07) is 15.4. The number of para-hydroxylation sites is 1. The maximum atomic E-state index is 13.1. The van der Waals surface area contributed by atoms with Crippen molar-refractivity contribution in [2.75, 3.05) is 66.7 Å². The number of fused-ring (bicyclic) bond motifs is 1. The number of halogens is 4. The number of carboxylic acid groups (broad SMARTS) is 1. The number of piperazine rings is 1. The summed E-state index contributed by atoms with van der Waals surface area (Å²) in [5.74, 6) is -0.0456. The molecule has 1 atom stereocenters. The van der Waals surface area contributed by atoms with E-state index in [1.54, 1.807) is 43.6 Å². The van der Waals surface area contributed by atoms with Gasteiger partial charge in [-0.2, -0.15) is 18.3 Å². The van der Waals surface area contributed by atoms with E-state index in [9.17, 15) is 23.1 Å². The van der Waals surface area contributed by atoms with Crippen molar-refractivity contribution in [1.29, 1.82) is 0 Å². The van der Waals surface area contributed by atoms with Crippen LogP contribution < -0.4 is 18.9 Å². The van der Waals surface area contributed by atoms with E-state index in [-0.39, 0.29) is 30.4 Å². The fourth-order valence-electron chi connectivity index (χ4n) is 6.96. The molecule has 1 aliphatic rings. The molecule has 1 saturated heterocycles. The normalized spacial score (nSPS) is 14.2. The second-order valence-electron chi connectivity index (χ2n) is 14.6. The number of aliphatic carboxylic acids is 1. The predicted octanol–water partition coefficient (Wildman–Crippen LogP) is 7.45. The van der Waals surface area contributed by atoms with Crippen LogP contribution in [0.25, 0.3) is 31.8 Å². The van der Waals surface area contributed by atoms with Crippen molar-refractivity contribution in [2.24, 2.45) is 0 Å². The monoisotopic (exact) mass is 895 g/mol. The Labute approximate surface area is 364 Å². The molecule has 4 aromatic heterocycles. The summed E-state index contributed by atoms with van der Waals surface area (Å²) in [4.78, 5) is 32.5. The van der Waals surface area contributed by atoms with Crippen molar-refractivity contribution >= 4 is 39.1 Å². The number of pyridine rings is 1. The Morgan fingerprint density at radius 2 is 1.76 bits per heavy atom. The first-order chi connectivity index (χ1) is 29.9. The minimum absolute atomic E-state index is 0.0184. The molecule has 19 heteroatoms. The molecule has 0 spiro atoms. The molecule has 1 N–H and O–H groups in total. The van der Waals surface area contributed by atoms with Crippen molar-refractivity contribution in [1.82, 2.24) is 34.5 Å². The van der Waals surface area contributed by atoms with Crippen LogP contribution in [0.15, 0.2) is 73.3 Å². The van der Waals surface area contributed by atoms with Crippen LogP contribution in [-0.4, -0.2) is 125 Å². The molecule has 14 nitrogen and oxygen atoms in total. The summed E-state index contributed by atoms with van der Waals surface area (Å²) < 4.78 is 69.5. The van der Waals surface area contributed by atoms with Gasteiger partial charge >= 0.3 is 12.1 Å². The third-order valence-corrected chi connectivity index (χ3v) is 11.9. The van der Waals surface area contributed by atoms with Gasteiger partial charge in [0.2, 0.25) is 17.9 Å². The molecule has 1 aliphatic heterocycles. The second-order valence-corrected chi connectivity index (χ2v) is 16.0. The van der Waals surface area contributed by atoms with Crippen LogP contribution in [-0.2, 0) is 29.1 Å². The molecule has 0 saturated carbocycles. The molecule has 0 unspecified atom stereocenters. The number of rotatable bonds is 19. The van der Waals surface area contributed by atoms with Gasteiger partial charge in [-0.1, -0.05) is 35.9 Å². The molecular weight excluding hydrogens is 851 g/mol. The van der Waals surface area contributed by atoms with Crippen LogP contribution in [0.4, 0.5) is 13.2 Å². The Bertz CT molecular complexity index is 2460. The molecule has 5 heterocycles. The first kappa shape index (κ1) is 44.5. The topological polar surface area (TPSA) is 146 Å². The number of ether oxygens (including phenoxy) is 5. The maximum Gasteiger partial charge on any atom is 0.408 e. The van der Waals surface area contributed by atoms with E-state index in [0.29, 0.717) is 63.4 Å². The van der Waals surface area contributed by atoms with E-state index in [1.165, 1.54) is 29.9 Å². The van der Waals surface area contributed by atoms with Crippen LogP contribution in [0.5, 0.6) is 23.3 Å². The molecule has 7 rings (SSSR count). The smallest absolute Gasteiger partial charge is 0.408 e. The summed E-state index contributed by atoms with van der Waals surface area (Å²) in [6.07, 6.45) is -1.88. The van der Waals surface area contributed by atoms with Crippen LogP contribution in [0.3, 0.4) is 0 Å². The largest absolute Gasteiger partial charge is 0.491 e. The van der Waals surface area contributed by atoms with Crippen molar-refractivity contribution in [3.8, 4) is 44.8 Å². The number of hydrogen-bond donors (Lipinski definition) is 1. The van der Waals surface area contributed by atoms with Crippen LogP contribution in [0, 0.1) is 6.92 Å². The predicted molar refractivity (Wildman–Crippen MR) is 227 cm³/mol. The SMILES string of the molecule is COCCOc1ccc(-c2sc3ncnc(O[C@H](Cc4ccccc4OCc4ccnn4CC(F)(F)F)C(=O)O)c3c2-c2ccc(OCCN3CCN(C)CC3)c(Cl)c2C)cn1. The highest BCUT2D eigenvalue weighted by Crippen LogP contribution is 2.49. The molecule has 2 aromatic carbocycles. The first-order valence-corrected chi connectivity index (χ1v) is 20.9. The lowest BCUT2D eigenvalue weighted by molar-refractivity contribution is -0.145. The van der Waals surface area contributed by atoms with E-state index >= 15 is 0 Å². The van der Waals surface area contributed by atoms with Gasteiger partial charge < -0.3 is 33.7 Å². The van der Waals surface area contributed by atoms with E-state index in [4.69, 9.17) is 35.3 Å². The standard InChI is InChI=1S/C43H45ClF3N7O7S/c1-27-31(9-10-33(38(27)44)58-19-18-53-16-14-52(2)15-17-53)36-37-40(49-26-50-41(37)62-39(36)29-8-11-35(48-23-29)59-21-20-57-3)61-34(42(55)56)22-28-6-4-5-7-32(28)60-24-30-12-13-51-54(30)25-43(45,46)47/h4-13,23,26,34H,14-22,24-25H2,1-3H3,(H,55,56)/t34-/m1/s1. The minimum Gasteiger partial charge on any atom is -0.491 e. The zero-order chi connectivity index (χ0) is 43.8. The van der Waals surface area contributed by atoms with Gasteiger partial charge in [-0.3, -0.25) is 9.58 Å². The number of thiophene rings is 1. The van der Waals surface area contributed by atoms with Gasteiger partial charge in [-0.25, -0.2) is 19.7 Å². The van der Waals surface area contributed by atoms with Gasteiger partial charge in [0, 0.05) is 80.7 Å². The van der Waals surface area contributed by atoms with Gasteiger partial charge in [-0.15, -0.1) is 11.3 Å². The first-order valence-electron chi connectivity index (χ1n) is 19.7. The fraction of sp³-hybridized carbons (Fsp3) is 0.372. The molecule has 62 heavy (non-hydrogen) atoms. The number of alkyl halides is 3. The van der Waals surface area contributed by atoms with Crippen LogP contribution in [0.2, 0.25) is 5.02 Å². The van der Waals surface area contributed by atoms with Gasteiger partial charge in [0.15, 0.2) is 0 Å². The lowest BCUT2D eigenvalue weighted by atomic mass is 9.96. The molecule has 0 radical (unpaired) electrons. The van der Waals surface area contributed by atoms with E-state index in [2.05, 4.69) is 36.9 Å². The number of nitrogens with zero attached hydrogens (tertiary/aromatic N) is 7. The third kappa shape index (κ3) is 10.9. The summed E-state index contributed by atoms with van der Waals surface area (Å²) in [5.41, 5.74) is 3.46. The second kappa shape index (κ2) is 20.1. The number of benzene rings is 2. The summed E-state index contributed by atoms with van der Waals surface area (Å²) >= 11 is 8.42. The average Bonchev–Trinajstić information content (AvgIpc) is 3.86. The number of methoxy groups -OCH3 is 1. The molecule has 6 aromatic rings. The van der Waals surface area contributed by atoms with Gasteiger partial charge in [0.05, 0.1) is 22.7 Å². The molecule has 1 fully saturated rings. The Kier molecular flexibility index (Phi) is 14.4. The minimum atomic E-state index is -4.48. The number of aromatic nitrogens is 5. The molecule has 0 bridgehead atoms. The maximum absolute atomic E-state index is 13.1. The Morgan fingerprint density at radius 1 is 0.952 bits per heavy atom. The zero-order valence-corrected chi connectivity index (χ0v) is 35.8. The van der Waals surface area contributed by atoms with Crippen molar-refractivity contribution < 1.29 is 46.8 Å². The van der Waals surface area contributed by atoms with Crippen molar-refractivity contribution in [3.05, 3.63) is 95.2 Å². The molecule has 328 valence electrons. The summed E-state index contributed by atoms with van der Waals surface area (Å²) in [5, 5.41) is 15.2. The highest BCUT2D eigenvalue weighted by Gasteiger charge is 2.31. The van der Waals surface area contributed by atoms with Gasteiger partial charge in [0.25, 0.3) is 0 Å². The number of carbonyl (C=O) groups is 1. The van der Waals surface area contributed by atoms with E-state index in [1.807, 2.05) is 25.1 Å². The van der Waals surface area contributed by atoms with Crippen molar-refractivity contribution in [2.45, 2.75) is 38.8 Å². The number of likely N-dealkylation sites (N-methyl/N-ethyl adjacent to an activating group) is 1. The highest BCUT2D eigenvalue weighted by atomic mass is 35.5. The van der Waals surface area contributed by atoms with Crippen LogP contribution >= 0.6 is 22.9 Å². The van der Waals surface area contributed by atoms with Gasteiger partial charge in [-0.05, 0) is 54.9 Å². The summed E-state index contributed by atoms with van der Waals surface area (Å²) in [6.45, 7) is 6.24. The lowest BCUT2D eigenvalue weighted by Crippen LogP contribution is -2.45. The third-order valence-electron chi connectivity index (χ3n) is 10.3. The number of carboxylic acids is 1. The van der Waals surface area contributed by atoms with Gasteiger partial charge in [0.1, 0.15) is 49.0 Å². The Morgan fingerprint density at radius 3 is 2.50 bits per heavy atom. The van der Waals surface area contributed by atoms with E-state index in [0.717, 1.165) is 53.4 Å². The Balaban J connectivity index is 1.21. The summed E-state index contributed by atoms with van der Waals surface area (Å²) in [7, 11) is 3.70. The van der Waals surface area contributed by atoms with Crippen molar-refractivity contribution in [3.63, 3.8) is 0 Å². The fourth-order valence-corrected chi connectivity index (χ4v) is 8.32. The van der Waals surface area contributed by atoms with Crippen LogP contribution in [0.1, 0.15) is 16.8 Å².